The number of carbonyl (C=O) groups excluding carboxylic acids is 1. The topological polar surface area (TPSA) is 67.5 Å². The molecule has 0 unspecified atom stereocenters. The maximum atomic E-state index is 11.5. The lowest BCUT2D eigenvalue weighted by molar-refractivity contribution is 0.0946. The highest BCUT2D eigenvalue weighted by Crippen LogP contribution is 2.01. The van der Waals surface area contributed by atoms with Crippen LogP contribution in [0, 0.1) is 6.92 Å². The zero-order valence-corrected chi connectivity index (χ0v) is 9.96. The predicted octanol–water partition coefficient (Wildman–Crippen LogP) is 1.94. The van der Waals surface area contributed by atoms with E-state index in [-0.39, 0.29) is 11.6 Å². The minimum atomic E-state index is -0.379. The number of nitrogens with zero attached hydrogens (tertiary/aromatic N) is 2. The van der Waals surface area contributed by atoms with Gasteiger partial charge in [0.05, 0.1) is 0 Å². The van der Waals surface area contributed by atoms with E-state index in [1.807, 2.05) is 30.3 Å². The monoisotopic (exact) mass is 243 g/mol. The first-order valence-corrected chi connectivity index (χ1v) is 5.55. The van der Waals surface area contributed by atoms with Crippen LogP contribution in [0.1, 0.15) is 21.8 Å². The number of aryl methyl sites for hydroxylation is 1. The van der Waals surface area contributed by atoms with E-state index < -0.39 is 0 Å². The molecular formula is C13H13N3O2. The first kappa shape index (κ1) is 12.0. The summed E-state index contributed by atoms with van der Waals surface area (Å²) in [6, 6.07) is 11.4. The van der Waals surface area contributed by atoms with Gasteiger partial charge in [-0.2, -0.15) is 5.10 Å². The van der Waals surface area contributed by atoms with E-state index in [9.17, 15) is 4.79 Å². The highest BCUT2D eigenvalue weighted by molar-refractivity contribution is 5.92. The molecule has 1 aromatic carbocycles. The number of rotatable bonds is 4. The van der Waals surface area contributed by atoms with Gasteiger partial charge in [-0.25, -0.2) is 5.43 Å². The molecule has 1 amide bonds. The zero-order chi connectivity index (χ0) is 12.8. The van der Waals surface area contributed by atoms with Gasteiger partial charge in [0.15, 0.2) is 5.69 Å². The van der Waals surface area contributed by atoms with Crippen molar-refractivity contribution in [1.82, 2.24) is 10.6 Å². The van der Waals surface area contributed by atoms with Gasteiger partial charge in [-0.15, -0.1) is 0 Å². The van der Waals surface area contributed by atoms with Crippen molar-refractivity contribution in [3.63, 3.8) is 0 Å². The molecule has 5 heteroatoms. The summed E-state index contributed by atoms with van der Waals surface area (Å²) < 4.78 is 4.80. The van der Waals surface area contributed by atoms with Crippen LogP contribution in [0.2, 0.25) is 0 Å². The highest BCUT2D eigenvalue weighted by atomic mass is 16.5. The van der Waals surface area contributed by atoms with Crippen molar-refractivity contribution in [2.45, 2.75) is 13.3 Å². The van der Waals surface area contributed by atoms with Crippen molar-refractivity contribution >= 4 is 12.1 Å². The lowest BCUT2D eigenvalue weighted by atomic mass is 10.2. The molecule has 0 aliphatic heterocycles. The molecule has 5 nitrogen and oxygen atoms in total. The number of aromatic nitrogens is 1. The molecule has 1 N–H and O–H groups in total. The predicted molar refractivity (Wildman–Crippen MR) is 67.3 cm³/mol. The fraction of sp³-hybridized carbons (Fsp3) is 0.154. The molecule has 0 aliphatic rings. The minimum absolute atomic E-state index is 0.226. The van der Waals surface area contributed by atoms with Gasteiger partial charge < -0.3 is 4.52 Å². The Morgan fingerprint density at radius 2 is 2.22 bits per heavy atom. The first-order valence-electron chi connectivity index (χ1n) is 5.55. The lowest BCUT2D eigenvalue weighted by Crippen LogP contribution is -2.17. The number of hydrogen-bond donors (Lipinski definition) is 1. The maximum absolute atomic E-state index is 11.5. The van der Waals surface area contributed by atoms with Gasteiger partial charge in [-0.3, -0.25) is 4.79 Å². The summed E-state index contributed by atoms with van der Waals surface area (Å²) in [6.45, 7) is 1.72. The Hall–Kier alpha value is -2.43. The molecule has 0 saturated carbocycles. The molecule has 1 aromatic heterocycles. The minimum Gasteiger partial charge on any atom is -0.361 e. The summed E-state index contributed by atoms with van der Waals surface area (Å²) in [5.41, 5.74) is 3.75. The average molecular weight is 243 g/mol. The van der Waals surface area contributed by atoms with Crippen LogP contribution >= 0.6 is 0 Å². The Labute approximate surface area is 104 Å². The molecule has 0 spiro atoms. The van der Waals surface area contributed by atoms with Gasteiger partial charge in [-0.1, -0.05) is 35.5 Å². The molecule has 0 atom stereocenters. The molecular weight excluding hydrogens is 230 g/mol. The summed E-state index contributed by atoms with van der Waals surface area (Å²) in [5, 5.41) is 7.44. The third-order valence-electron chi connectivity index (χ3n) is 2.29. The standard InChI is InChI=1S/C13H13N3O2/c1-10-9-12(16-18-10)13(17)15-14-8-7-11-5-3-2-4-6-11/h2-6,8-9H,7H2,1H3,(H,15,17)/b14-8-. The van der Waals surface area contributed by atoms with Gasteiger partial charge in [0.25, 0.3) is 5.91 Å². The van der Waals surface area contributed by atoms with Crippen LogP contribution in [0.3, 0.4) is 0 Å². The number of hydrogen-bond acceptors (Lipinski definition) is 4. The Kier molecular flexibility index (Phi) is 3.86. The van der Waals surface area contributed by atoms with Crippen LogP contribution in [0.25, 0.3) is 0 Å². The summed E-state index contributed by atoms with van der Waals surface area (Å²) in [7, 11) is 0. The van der Waals surface area contributed by atoms with E-state index in [1.54, 1.807) is 19.2 Å². The summed E-state index contributed by atoms with van der Waals surface area (Å²) in [6.07, 6.45) is 2.30. The molecule has 2 aromatic rings. The number of amides is 1. The Morgan fingerprint density at radius 1 is 1.44 bits per heavy atom. The van der Waals surface area contributed by atoms with E-state index in [0.717, 1.165) is 5.56 Å². The quantitative estimate of drug-likeness (QED) is 0.659. The summed E-state index contributed by atoms with van der Waals surface area (Å²) in [5.74, 6) is 0.213. The van der Waals surface area contributed by atoms with Crippen LogP contribution in [0.4, 0.5) is 0 Å². The van der Waals surface area contributed by atoms with Crippen LogP contribution in [-0.2, 0) is 6.42 Å². The van der Waals surface area contributed by atoms with Crippen LogP contribution in [0.5, 0.6) is 0 Å². The van der Waals surface area contributed by atoms with E-state index in [4.69, 9.17) is 4.52 Å². The van der Waals surface area contributed by atoms with Gasteiger partial charge in [0.2, 0.25) is 0 Å². The maximum Gasteiger partial charge on any atom is 0.293 e. The van der Waals surface area contributed by atoms with Crippen molar-refractivity contribution in [2.24, 2.45) is 5.10 Å². The molecule has 18 heavy (non-hydrogen) atoms. The molecule has 0 bridgehead atoms. The fourth-order valence-corrected chi connectivity index (χ4v) is 1.40. The van der Waals surface area contributed by atoms with Gasteiger partial charge in [0, 0.05) is 18.7 Å². The van der Waals surface area contributed by atoms with Crippen molar-refractivity contribution in [2.75, 3.05) is 0 Å². The van der Waals surface area contributed by atoms with Gasteiger partial charge in [0.1, 0.15) is 5.76 Å². The Balaban J connectivity index is 1.83. The molecule has 1 heterocycles. The number of nitrogens with one attached hydrogen (secondary N) is 1. The fourth-order valence-electron chi connectivity index (χ4n) is 1.40. The smallest absolute Gasteiger partial charge is 0.293 e. The van der Waals surface area contributed by atoms with E-state index >= 15 is 0 Å². The van der Waals surface area contributed by atoms with E-state index in [0.29, 0.717) is 12.2 Å². The van der Waals surface area contributed by atoms with Gasteiger partial charge >= 0.3 is 0 Å². The average Bonchev–Trinajstić information content (AvgIpc) is 2.82. The van der Waals surface area contributed by atoms with E-state index in [2.05, 4.69) is 15.7 Å². The molecule has 0 saturated heterocycles. The molecule has 0 aliphatic carbocycles. The third kappa shape index (κ3) is 3.28. The van der Waals surface area contributed by atoms with Crippen molar-refractivity contribution in [3.05, 3.63) is 53.4 Å². The zero-order valence-electron chi connectivity index (χ0n) is 9.96. The highest BCUT2D eigenvalue weighted by Gasteiger charge is 2.08. The summed E-state index contributed by atoms with van der Waals surface area (Å²) >= 11 is 0. The second kappa shape index (κ2) is 5.77. The van der Waals surface area contributed by atoms with Crippen LogP contribution < -0.4 is 5.43 Å². The van der Waals surface area contributed by atoms with Crippen LogP contribution in [0.15, 0.2) is 46.0 Å². The van der Waals surface area contributed by atoms with E-state index in [1.165, 1.54) is 0 Å². The first-order chi connectivity index (χ1) is 8.75. The molecule has 0 fully saturated rings. The van der Waals surface area contributed by atoms with Gasteiger partial charge in [-0.05, 0) is 12.5 Å². The Morgan fingerprint density at radius 3 is 2.89 bits per heavy atom. The Bertz CT molecular complexity index is 546. The van der Waals surface area contributed by atoms with Crippen molar-refractivity contribution in [3.8, 4) is 0 Å². The molecule has 2 rings (SSSR count). The summed E-state index contributed by atoms with van der Waals surface area (Å²) in [4.78, 5) is 11.5. The second-order valence-electron chi connectivity index (χ2n) is 3.77. The van der Waals surface area contributed by atoms with Crippen molar-refractivity contribution in [1.29, 1.82) is 0 Å². The lowest BCUT2D eigenvalue weighted by Gasteiger charge is -1.95. The largest absolute Gasteiger partial charge is 0.361 e. The number of hydrazone groups is 1. The number of carbonyl (C=O) groups is 1. The third-order valence-corrected chi connectivity index (χ3v) is 2.29. The normalized spacial score (nSPS) is 10.7. The molecule has 0 radical (unpaired) electrons. The van der Waals surface area contributed by atoms with Crippen LogP contribution in [-0.4, -0.2) is 17.3 Å². The SMILES string of the molecule is Cc1cc(C(=O)N/N=C\Cc2ccccc2)no1. The number of benzene rings is 1. The second-order valence-corrected chi connectivity index (χ2v) is 3.77. The van der Waals surface area contributed by atoms with Crippen molar-refractivity contribution < 1.29 is 9.32 Å². The molecule has 92 valence electrons.